The molecule has 0 aromatic heterocycles. The van der Waals surface area contributed by atoms with Crippen LogP contribution in [-0.4, -0.2) is 17.5 Å². The number of aliphatic imine (C=N–C) groups is 1. The minimum absolute atomic E-state index is 0. The molecule has 1 heterocycles. The molecule has 4 N–H and O–H groups in total. The molecule has 0 radical (unpaired) electrons. The maximum atomic E-state index is 14.7. The molecule has 8 heteroatoms. The molecule has 1 aromatic carbocycles. The lowest BCUT2D eigenvalue weighted by Crippen LogP contribution is -2.62. The number of rotatable bonds is 1. The molecule has 0 unspecified atom stereocenters. The number of hydrogen-bond acceptors (Lipinski definition) is 4. The lowest BCUT2D eigenvalue weighted by Gasteiger charge is -2.46. The number of amidine groups is 1. The second-order valence-electron chi connectivity index (χ2n) is 5.45. The molecule has 1 aliphatic heterocycles. The highest BCUT2D eigenvalue weighted by molar-refractivity contribution is 5.85. The fourth-order valence-corrected chi connectivity index (χ4v) is 2.37. The van der Waals surface area contributed by atoms with Crippen molar-refractivity contribution < 1.29 is 17.9 Å². The van der Waals surface area contributed by atoms with Crippen LogP contribution in [0.1, 0.15) is 26.3 Å². The first-order valence-corrected chi connectivity index (χ1v) is 5.99. The Morgan fingerprint density at radius 1 is 1.14 bits per heavy atom. The number of nitrogens with two attached hydrogens (primary N) is 2. The van der Waals surface area contributed by atoms with Gasteiger partial charge in [0, 0.05) is 11.3 Å². The van der Waals surface area contributed by atoms with E-state index in [1.54, 1.807) is 0 Å². The summed E-state index contributed by atoms with van der Waals surface area (Å²) in [5.74, 6) is -4.31. The van der Waals surface area contributed by atoms with E-state index in [0.717, 1.165) is 19.1 Å². The van der Waals surface area contributed by atoms with Gasteiger partial charge < -0.3 is 16.2 Å². The number of hydrogen-bond donors (Lipinski definition) is 2. The van der Waals surface area contributed by atoms with Crippen molar-refractivity contribution in [3.8, 4) is 0 Å². The molecule has 0 amide bonds. The van der Waals surface area contributed by atoms with Gasteiger partial charge in [0.05, 0.1) is 0 Å². The van der Waals surface area contributed by atoms with Crippen molar-refractivity contribution in [3.63, 3.8) is 0 Å². The Bertz CT molecular complexity index is 592. The zero-order valence-electron chi connectivity index (χ0n) is 11.8. The number of nitrogens with zero attached hydrogens (tertiary/aromatic N) is 1. The molecule has 0 aliphatic carbocycles. The molecule has 0 saturated carbocycles. The largest absolute Gasteiger partial charge is 0.453 e. The quantitative estimate of drug-likeness (QED) is 0.780. The van der Waals surface area contributed by atoms with Gasteiger partial charge in [0.25, 0.3) is 6.02 Å². The second-order valence-corrected chi connectivity index (χ2v) is 5.45. The summed E-state index contributed by atoms with van der Waals surface area (Å²) in [5.41, 5.74) is 6.76. The molecular formula is C13H17ClF3N3O. The summed E-state index contributed by atoms with van der Waals surface area (Å²) in [6.45, 7) is 3.47. The van der Waals surface area contributed by atoms with Crippen LogP contribution in [0, 0.1) is 5.82 Å². The van der Waals surface area contributed by atoms with Crippen LogP contribution in [0.15, 0.2) is 23.2 Å². The first kappa shape index (κ1) is 17.4. The smallest absolute Gasteiger partial charge is 0.315 e. The lowest BCUT2D eigenvalue weighted by atomic mass is 9.77. The number of anilines is 1. The third-order valence-corrected chi connectivity index (χ3v) is 3.58. The SMILES string of the molecule is CC1(C)OC(N)=N[C@](C)(c2cc(N)ccc2F)C1(F)F.Cl. The molecule has 21 heavy (non-hydrogen) atoms. The average molecular weight is 324 g/mol. The third kappa shape index (κ3) is 2.39. The maximum Gasteiger partial charge on any atom is 0.315 e. The zero-order chi connectivity index (χ0) is 15.3. The van der Waals surface area contributed by atoms with Crippen molar-refractivity contribution in [2.24, 2.45) is 10.7 Å². The van der Waals surface area contributed by atoms with Crippen molar-refractivity contribution in [2.75, 3.05) is 5.73 Å². The van der Waals surface area contributed by atoms with Crippen molar-refractivity contribution in [1.29, 1.82) is 0 Å². The van der Waals surface area contributed by atoms with Crippen LogP contribution in [0.5, 0.6) is 0 Å². The van der Waals surface area contributed by atoms with Crippen LogP contribution in [0.4, 0.5) is 18.9 Å². The standard InChI is InChI=1S/C13H16F3N3O.ClH/c1-11(2)13(15,16)12(3,19-10(18)20-11)8-6-7(17)4-5-9(8)14;/h4-6H,17H2,1-3H3,(H2,18,19);1H/t12-;/m1./s1. The monoisotopic (exact) mass is 323 g/mol. The van der Waals surface area contributed by atoms with Gasteiger partial charge in [-0.25, -0.2) is 9.38 Å². The first-order valence-electron chi connectivity index (χ1n) is 5.99. The van der Waals surface area contributed by atoms with Gasteiger partial charge in [0.15, 0.2) is 11.1 Å². The van der Waals surface area contributed by atoms with Gasteiger partial charge in [-0.1, -0.05) is 0 Å². The van der Waals surface area contributed by atoms with Gasteiger partial charge in [0.1, 0.15) is 5.82 Å². The van der Waals surface area contributed by atoms with Crippen molar-refractivity contribution in [2.45, 2.75) is 37.8 Å². The predicted molar refractivity (Wildman–Crippen MR) is 77.1 cm³/mol. The molecule has 0 bridgehead atoms. The Hall–Kier alpha value is -1.63. The molecule has 4 nitrogen and oxygen atoms in total. The number of nitrogen functional groups attached to an aromatic ring is 1. The van der Waals surface area contributed by atoms with Gasteiger partial charge in [-0.15, -0.1) is 12.4 Å². The van der Waals surface area contributed by atoms with Gasteiger partial charge in [-0.2, -0.15) is 8.78 Å². The highest BCUT2D eigenvalue weighted by Crippen LogP contribution is 2.51. The van der Waals surface area contributed by atoms with Crippen LogP contribution < -0.4 is 11.5 Å². The summed E-state index contributed by atoms with van der Waals surface area (Å²) >= 11 is 0. The number of halogens is 4. The molecule has 1 atom stereocenters. The summed E-state index contributed by atoms with van der Waals surface area (Å²) in [6.07, 6.45) is 0. The highest BCUT2D eigenvalue weighted by Gasteiger charge is 2.66. The van der Waals surface area contributed by atoms with Gasteiger partial charge in [-0.05, 0) is 39.0 Å². The summed E-state index contributed by atoms with van der Waals surface area (Å²) in [4.78, 5) is 3.66. The fraction of sp³-hybridized carbons (Fsp3) is 0.462. The lowest BCUT2D eigenvalue weighted by molar-refractivity contribution is -0.207. The van der Waals surface area contributed by atoms with Crippen molar-refractivity contribution >= 4 is 24.1 Å². The van der Waals surface area contributed by atoms with E-state index in [4.69, 9.17) is 16.2 Å². The van der Waals surface area contributed by atoms with Crippen LogP contribution in [0.3, 0.4) is 0 Å². The zero-order valence-corrected chi connectivity index (χ0v) is 12.6. The molecule has 2 rings (SSSR count). The predicted octanol–water partition coefficient (Wildman–Crippen LogP) is 2.80. The molecule has 0 fully saturated rings. The topological polar surface area (TPSA) is 73.6 Å². The van der Waals surface area contributed by atoms with Crippen molar-refractivity contribution in [1.82, 2.24) is 0 Å². The third-order valence-electron chi connectivity index (χ3n) is 3.58. The Morgan fingerprint density at radius 3 is 2.29 bits per heavy atom. The van der Waals surface area contributed by atoms with Crippen LogP contribution in [0.25, 0.3) is 0 Å². The number of alkyl halides is 2. The summed E-state index contributed by atoms with van der Waals surface area (Å²) in [7, 11) is 0. The fourth-order valence-electron chi connectivity index (χ4n) is 2.37. The molecule has 0 saturated heterocycles. The van der Waals surface area contributed by atoms with Crippen molar-refractivity contribution in [3.05, 3.63) is 29.6 Å². The minimum atomic E-state index is -3.49. The summed E-state index contributed by atoms with van der Waals surface area (Å²) in [5, 5.41) is 0. The van der Waals surface area contributed by atoms with E-state index >= 15 is 0 Å². The van der Waals surface area contributed by atoms with E-state index in [2.05, 4.69) is 4.99 Å². The number of ether oxygens (including phenoxy) is 1. The number of benzene rings is 1. The molecule has 1 aromatic rings. The minimum Gasteiger partial charge on any atom is -0.453 e. The van der Waals surface area contributed by atoms with Gasteiger partial charge in [0.2, 0.25) is 0 Å². The van der Waals surface area contributed by atoms with Crippen LogP contribution in [0.2, 0.25) is 0 Å². The molecule has 118 valence electrons. The Morgan fingerprint density at radius 2 is 1.71 bits per heavy atom. The van der Waals surface area contributed by atoms with E-state index in [-0.39, 0.29) is 23.7 Å². The van der Waals surface area contributed by atoms with E-state index < -0.39 is 28.9 Å². The molecule has 1 aliphatic rings. The van der Waals surface area contributed by atoms with E-state index in [0.29, 0.717) is 0 Å². The highest BCUT2D eigenvalue weighted by atomic mass is 35.5. The first-order chi connectivity index (χ1) is 9.01. The van der Waals surface area contributed by atoms with E-state index in [9.17, 15) is 13.2 Å². The Balaban J connectivity index is 0.00000220. The maximum absolute atomic E-state index is 14.7. The summed E-state index contributed by atoms with van der Waals surface area (Å²) < 4.78 is 48.3. The summed E-state index contributed by atoms with van der Waals surface area (Å²) in [6, 6.07) is 3.05. The van der Waals surface area contributed by atoms with E-state index in [1.165, 1.54) is 19.9 Å². The van der Waals surface area contributed by atoms with Gasteiger partial charge >= 0.3 is 5.92 Å². The second kappa shape index (κ2) is 4.98. The molecule has 0 spiro atoms. The normalized spacial score (nSPS) is 26.3. The Labute approximate surface area is 126 Å². The molecular weight excluding hydrogens is 307 g/mol. The van der Waals surface area contributed by atoms with Gasteiger partial charge in [-0.3, -0.25) is 0 Å². The van der Waals surface area contributed by atoms with Crippen LogP contribution in [-0.2, 0) is 10.3 Å². The van der Waals surface area contributed by atoms with Crippen LogP contribution >= 0.6 is 12.4 Å². The Kier molecular flexibility index (Phi) is 4.13. The van der Waals surface area contributed by atoms with E-state index in [1.807, 2.05) is 0 Å². The average Bonchev–Trinajstić information content (AvgIpc) is 2.29.